The van der Waals surface area contributed by atoms with Crippen molar-refractivity contribution in [3.05, 3.63) is 39.9 Å². The first-order chi connectivity index (χ1) is 7.49. The first-order valence-corrected chi connectivity index (χ1v) is 4.51. The van der Waals surface area contributed by atoms with E-state index in [9.17, 15) is 19.7 Å². The van der Waals surface area contributed by atoms with Crippen LogP contribution in [0.5, 0.6) is 0 Å². The lowest BCUT2D eigenvalue weighted by Crippen LogP contribution is -2.21. The van der Waals surface area contributed by atoms with Crippen molar-refractivity contribution in [3.63, 3.8) is 0 Å². The molecule has 1 aromatic rings. The third-order valence-electron chi connectivity index (χ3n) is 1.85. The van der Waals surface area contributed by atoms with Gasteiger partial charge in [-0.2, -0.15) is 0 Å². The molecule has 0 saturated carbocycles. The molecule has 16 heavy (non-hydrogen) atoms. The van der Waals surface area contributed by atoms with E-state index in [1.807, 2.05) is 0 Å². The Bertz CT molecular complexity index is 425. The monoisotopic (exact) mass is 222 g/mol. The summed E-state index contributed by atoms with van der Waals surface area (Å²) < 4.78 is 0. The van der Waals surface area contributed by atoms with Crippen LogP contribution >= 0.6 is 0 Å². The molecule has 0 saturated heterocycles. The molecule has 0 radical (unpaired) electrons. The van der Waals surface area contributed by atoms with Crippen molar-refractivity contribution in [1.29, 1.82) is 0 Å². The van der Waals surface area contributed by atoms with E-state index in [1.54, 1.807) is 12.1 Å². The first kappa shape index (κ1) is 11.8. The van der Waals surface area contributed by atoms with Gasteiger partial charge in [0.1, 0.15) is 0 Å². The topological polar surface area (TPSA) is 89.3 Å². The third kappa shape index (κ3) is 3.49. The fourth-order valence-corrected chi connectivity index (χ4v) is 1.11. The standard InChI is InChI=1S/C10H10N2O4/c1-7(13)8-2-4-9(5-3-8)11-10(14)6-12(15)16/h2-5H,6H2,1H3,(H,11,14). The number of hydrogen-bond donors (Lipinski definition) is 1. The van der Waals surface area contributed by atoms with Gasteiger partial charge in [-0.05, 0) is 31.2 Å². The molecule has 1 aromatic carbocycles. The summed E-state index contributed by atoms with van der Waals surface area (Å²) in [5, 5.41) is 12.4. The van der Waals surface area contributed by atoms with Gasteiger partial charge in [-0.25, -0.2) is 0 Å². The molecule has 0 unspecified atom stereocenters. The highest BCUT2D eigenvalue weighted by molar-refractivity contribution is 5.95. The minimum atomic E-state index is -0.769. The molecular weight excluding hydrogens is 212 g/mol. The van der Waals surface area contributed by atoms with Crippen molar-refractivity contribution in [2.45, 2.75) is 6.92 Å². The molecule has 1 amide bonds. The summed E-state index contributed by atoms with van der Waals surface area (Å²) in [5.41, 5.74) is 0.948. The maximum absolute atomic E-state index is 11.0. The van der Waals surface area contributed by atoms with Gasteiger partial charge in [0.05, 0.1) is 0 Å². The molecule has 1 N–H and O–H groups in total. The van der Waals surface area contributed by atoms with Crippen molar-refractivity contribution in [3.8, 4) is 0 Å². The smallest absolute Gasteiger partial charge is 0.296 e. The Morgan fingerprint density at radius 2 is 1.88 bits per heavy atom. The molecule has 6 nitrogen and oxygen atoms in total. The molecule has 6 heteroatoms. The Morgan fingerprint density at radius 1 is 1.31 bits per heavy atom. The lowest BCUT2D eigenvalue weighted by atomic mass is 10.1. The van der Waals surface area contributed by atoms with Crippen LogP contribution in [0, 0.1) is 10.1 Å². The van der Waals surface area contributed by atoms with Gasteiger partial charge in [0, 0.05) is 16.2 Å². The predicted molar refractivity (Wildman–Crippen MR) is 56.9 cm³/mol. The third-order valence-corrected chi connectivity index (χ3v) is 1.85. The normalized spacial score (nSPS) is 9.56. The number of carbonyl (C=O) groups is 2. The van der Waals surface area contributed by atoms with E-state index in [-0.39, 0.29) is 5.78 Å². The maximum atomic E-state index is 11.0. The number of nitro groups is 1. The summed E-state index contributed by atoms with van der Waals surface area (Å²) >= 11 is 0. The Labute approximate surface area is 91.4 Å². The number of Topliss-reactive ketones (excluding diaryl/α,β-unsaturated/α-hetero) is 1. The second-order valence-corrected chi connectivity index (χ2v) is 3.17. The highest BCUT2D eigenvalue weighted by atomic mass is 16.6. The van der Waals surface area contributed by atoms with Gasteiger partial charge in [0.25, 0.3) is 12.5 Å². The van der Waals surface area contributed by atoms with Crippen molar-refractivity contribution < 1.29 is 14.5 Å². The molecule has 0 spiro atoms. The number of nitrogens with zero attached hydrogens (tertiary/aromatic N) is 1. The van der Waals surface area contributed by atoms with Gasteiger partial charge in [0.15, 0.2) is 5.78 Å². The molecular formula is C10H10N2O4. The molecule has 0 aliphatic carbocycles. The summed E-state index contributed by atoms with van der Waals surface area (Å²) in [4.78, 5) is 31.3. The largest absolute Gasteiger partial charge is 0.320 e. The van der Waals surface area contributed by atoms with Crippen LogP contribution in [0.3, 0.4) is 0 Å². The van der Waals surface area contributed by atoms with Crippen molar-refractivity contribution in [1.82, 2.24) is 0 Å². The zero-order valence-corrected chi connectivity index (χ0v) is 8.60. The summed E-state index contributed by atoms with van der Waals surface area (Å²) in [6, 6.07) is 6.14. The lowest BCUT2D eigenvalue weighted by Gasteiger charge is -2.02. The maximum Gasteiger partial charge on any atom is 0.296 e. The van der Waals surface area contributed by atoms with Crippen LogP contribution in [0.15, 0.2) is 24.3 Å². The van der Waals surface area contributed by atoms with Crippen LogP contribution in [-0.4, -0.2) is 23.2 Å². The average Bonchev–Trinajstić information content (AvgIpc) is 2.16. The zero-order chi connectivity index (χ0) is 12.1. The van der Waals surface area contributed by atoms with Gasteiger partial charge in [-0.1, -0.05) is 0 Å². The summed E-state index contributed by atoms with van der Waals surface area (Å²) in [6.07, 6.45) is 0. The van der Waals surface area contributed by atoms with E-state index >= 15 is 0 Å². The number of hydrogen-bond acceptors (Lipinski definition) is 4. The molecule has 0 atom stereocenters. The van der Waals surface area contributed by atoms with Gasteiger partial charge < -0.3 is 5.32 Å². The van der Waals surface area contributed by atoms with Crippen LogP contribution in [0.25, 0.3) is 0 Å². The lowest BCUT2D eigenvalue weighted by molar-refractivity contribution is -0.467. The number of amides is 1. The van der Waals surface area contributed by atoms with E-state index in [0.29, 0.717) is 11.3 Å². The van der Waals surface area contributed by atoms with Crippen LogP contribution in [0.1, 0.15) is 17.3 Å². The molecule has 0 heterocycles. The predicted octanol–water partition coefficient (Wildman–Crippen LogP) is 1.10. The first-order valence-electron chi connectivity index (χ1n) is 4.51. The number of rotatable bonds is 4. The van der Waals surface area contributed by atoms with E-state index in [1.165, 1.54) is 19.1 Å². The number of benzene rings is 1. The Hall–Kier alpha value is -2.24. The highest BCUT2D eigenvalue weighted by Gasteiger charge is 2.09. The van der Waals surface area contributed by atoms with E-state index < -0.39 is 17.4 Å². The second-order valence-electron chi connectivity index (χ2n) is 3.17. The highest BCUT2D eigenvalue weighted by Crippen LogP contribution is 2.09. The number of carbonyl (C=O) groups excluding carboxylic acids is 2. The van der Waals surface area contributed by atoms with Crippen molar-refractivity contribution in [2.24, 2.45) is 0 Å². The molecule has 84 valence electrons. The SMILES string of the molecule is CC(=O)c1ccc(NC(=O)C[N+](=O)[O-])cc1. The molecule has 0 fully saturated rings. The quantitative estimate of drug-likeness (QED) is 0.469. The van der Waals surface area contributed by atoms with Crippen molar-refractivity contribution >= 4 is 17.4 Å². The Morgan fingerprint density at radius 3 is 2.31 bits per heavy atom. The fourth-order valence-electron chi connectivity index (χ4n) is 1.11. The van der Waals surface area contributed by atoms with Crippen molar-refractivity contribution in [2.75, 3.05) is 11.9 Å². The molecule has 1 rings (SSSR count). The Kier molecular flexibility index (Phi) is 3.71. The van der Waals surface area contributed by atoms with E-state index in [4.69, 9.17) is 0 Å². The second kappa shape index (κ2) is 5.01. The molecule has 0 aliphatic rings. The minimum absolute atomic E-state index is 0.0804. The molecule has 0 bridgehead atoms. The molecule has 0 aromatic heterocycles. The van der Waals surface area contributed by atoms with E-state index in [2.05, 4.69) is 5.32 Å². The minimum Gasteiger partial charge on any atom is -0.320 e. The summed E-state index contributed by atoms with van der Waals surface area (Å²) in [6.45, 7) is 0.661. The van der Waals surface area contributed by atoms with Crippen LogP contribution in [0.2, 0.25) is 0 Å². The van der Waals surface area contributed by atoms with Crippen LogP contribution in [-0.2, 0) is 4.79 Å². The van der Waals surface area contributed by atoms with Gasteiger partial charge in [-0.3, -0.25) is 19.7 Å². The summed E-state index contributed by atoms with van der Waals surface area (Å²) in [7, 11) is 0. The molecule has 0 aliphatic heterocycles. The Balaban J connectivity index is 2.65. The number of anilines is 1. The van der Waals surface area contributed by atoms with Gasteiger partial charge >= 0.3 is 0 Å². The summed E-state index contributed by atoms with van der Waals surface area (Å²) in [5.74, 6) is -0.774. The zero-order valence-electron chi connectivity index (χ0n) is 8.60. The number of nitrogens with one attached hydrogen (secondary N) is 1. The van der Waals surface area contributed by atoms with Gasteiger partial charge in [-0.15, -0.1) is 0 Å². The fraction of sp³-hybridized carbons (Fsp3) is 0.200. The van der Waals surface area contributed by atoms with Crippen LogP contribution < -0.4 is 5.32 Å². The average molecular weight is 222 g/mol. The van der Waals surface area contributed by atoms with Gasteiger partial charge in [0.2, 0.25) is 0 Å². The van der Waals surface area contributed by atoms with Crippen LogP contribution in [0.4, 0.5) is 5.69 Å². The van der Waals surface area contributed by atoms with E-state index in [0.717, 1.165) is 0 Å². The number of ketones is 1.